The van der Waals surface area contributed by atoms with Gasteiger partial charge in [0.25, 0.3) is 0 Å². The summed E-state index contributed by atoms with van der Waals surface area (Å²) in [6.45, 7) is 3.95. The van der Waals surface area contributed by atoms with Crippen molar-refractivity contribution in [3.05, 3.63) is 42.2 Å². The van der Waals surface area contributed by atoms with Crippen molar-refractivity contribution in [2.75, 3.05) is 22.5 Å². The van der Waals surface area contributed by atoms with E-state index in [2.05, 4.69) is 39.2 Å². The molecule has 3 N–H and O–H groups in total. The first kappa shape index (κ1) is 14.6. The summed E-state index contributed by atoms with van der Waals surface area (Å²) < 4.78 is 0. The van der Waals surface area contributed by atoms with Crippen molar-refractivity contribution in [1.29, 1.82) is 0 Å². The van der Waals surface area contributed by atoms with Crippen LogP contribution in [0, 0.1) is 0 Å². The zero-order chi connectivity index (χ0) is 15.4. The smallest absolute Gasteiger partial charge is 0.157 e. The number of nitrogens with zero attached hydrogens (tertiary/aromatic N) is 3. The molecule has 1 aliphatic rings. The van der Waals surface area contributed by atoms with Gasteiger partial charge in [0, 0.05) is 19.1 Å². The van der Waals surface area contributed by atoms with Crippen molar-refractivity contribution in [2.45, 2.75) is 38.8 Å². The van der Waals surface area contributed by atoms with Gasteiger partial charge in [-0.2, -0.15) is 0 Å². The van der Waals surface area contributed by atoms with Crippen molar-refractivity contribution < 1.29 is 0 Å². The molecule has 116 valence electrons. The second kappa shape index (κ2) is 6.64. The summed E-state index contributed by atoms with van der Waals surface area (Å²) in [6, 6.07) is 10.7. The van der Waals surface area contributed by atoms with Crippen LogP contribution in [0.5, 0.6) is 0 Å². The van der Waals surface area contributed by atoms with Gasteiger partial charge in [-0.05, 0) is 31.7 Å². The fraction of sp³-hybridized carbons (Fsp3) is 0.412. The Morgan fingerprint density at radius 3 is 2.82 bits per heavy atom. The molecule has 1 unspecified atom stereocenters. The van der Waals surface area contributed by atoms with Gasteiger partial charge in [0.1, 0.15) is 12.0 Å². The number of nitrogens with two attached hydrogens (primary N) is 1. The molecule has 0 saturated carbocycles. The molecule has 1 atom stereocenters. The summed E-state index contributed by atoms with van der Waals surface area (Å²) in [5, 5.41) is 3.32. The molecule has 5 heteroatoms. The molecule has 0 amide bonds. The highest BCUT2D eigenvalue weighted by atomic mass is 15.2. The molecule has 1 aromatic heterocycles. The van der Waals surface area contributed by atoms with Crippen LogP contribution in [0.2, 0.25) is 0 Å². The highest BCUT2D eigenvalue weighted by Gasteiger charge is 2.22. The molecule has 22 heavy (non-hydrogen) atoms. The maximum Gasteiger partial charge on any atom is 0.157 e. The Bertz CT molecular complexity index is 614. The fourth-order valence-electron chi connectivity index (χ4n) is 2.95. The minimum atomic E-state index is 0.480. The van der Waals surface area contributed by atoms with E-state index in [1.165, 1.54) is 24.8 Å². The standard InChI is InChI=1S/C17H23N5/c1-13-7-5-6-10-22(13)17-15(18)16(20-12-21-17)19-11-14-8-3-2-4-9-14/h2-4,8-9,12-13H,5-7,10-11,18H2,1H3,(H,19,20,21). The van der Waals surface area contributed by atoms with Crippen LogP contribution in [0.1, 0.15) is 31.7 Å². The number of piperidine rings is 1. The van der Waals surface area contributed by atoms with Crippen molar-refractivity contribution >= 4 is 17.3 Å². The second-order valence-corrected chi connectivity index (χ2v) is 5.84. The zero-order valence-electron chi connectivity index (χ0n) is 13.0. The fourth-order valence-corrected chi connectivity index (χ4v) is 2.95. The summed E-state index contributed by atoms with van der Waals surface area (Å²) in [6.07, 6.45) is 5.26. The highest BCUT2D eigenvalue weighted by molar-refractivity contribution is 5.75. The molecular formula is C17H23N5. The first-order valence-corrected chi connectivity index (χ1v) is 7.90. The predicted molar refractivity (Wildman–Crippen MR) is 90.9 cm³/mol. The maximum atomic E-state index is 6.31. The lowest BCUT2D eigenvalue weighted by molar-refractivity contribution is 0.481. The van der Waals surface area contributed by atoms with Crippen LogP contribution in [-0.4, -0.2) is 22.6 Å². The van der Waals surface area contributed by atoms with Crippen molar-refractivity contribution in [1.82, 2.24) is 9.97 Å². The number of anilines is 3. The molecule has 1 fully saturated rings. The Kier molecular flexibility index (Phi) is 4.42. The van der Waals surface area contributed by atoms with Gasteiger partial charge in [0.2, 0.25) is 0 Å². The Labute approximate surface area is 131 Å². The molecular weight excluding hydrogens is 274 g/mol. The van der Waals surface area contributed by atoms with Gasteiger partial charge >= 0.3 is 0 Å². The van der Waals surface area contributed by atoms with Gasteiger partial charge in [-0.15, -0.1) is 0 Å². The van der Waals surface area contributed by atoms with E-state index in [9.17, 15) is 0 Å². The number of nitrogens with one attached hydrogen (secondary N) is 1. The van der Waals surface area contributed by atoms with Gasteiger partial charge < -0.3 is 16.0 Å². The van der Waals surface area contributed by atoms with E-state index < -0.39 is 0 Å². The van der Waals surface area contributed by atoms with Crippen LogP contribution in [0.3, 0.4) is 0 Å². The lowest BCUT2D eigenvalue weighted by atomic mass is 10.0. The third-order valence-corrected chi connectivity index (χ3v) is 4.24. The van der Waals surface area contributed by atoms with E-state index in [-0.39, 0.29) is 0 Å². The molecule has 2 aromatic rings. The zero-order valence-corrected chi connectivity index (χ0v) is 13.0. The molecule has 1 aliphatic heterocycles. The van der Waals surface area contributed by atoms with Gasteiger partial charge in [0.05, 0.1) is 0 Å². The lowest BCUT2D eigenvalue weighted by Gasteiger charge is -2.35. The van der Waals surface area contributed by atoms with E-state index in [1.54, 1.807) is 6.33 Å². The Balaban J connectivity index is 1.77. The van der Waals surface area contributed by atoms with Crippen molar-refractivity contribution in [2.24, 2.45) is 0 Å². The number of rotatable bonds is 4. The number of benzene rings is 1. The van der Waals surface area contributed by atoms with Gasteiger partial charge in [-0.25, -0.2) is 9.97 Å². The molecule has 0 aliphatic carbocycles. The van der Waals surface area contributed by atoms with Crippen LogP contribution in [0.15, 0.2) is 36.7 Å². The second-order valence-electron chi connectivity index (χ2n) is 5.84. The normalized spacial score (nSPS) is 18.2. The molecule has 2 heterocycles. The summed E-state index contributed by atoms with van der Waals surface area (Å²) in [4.78, 5) is 11.0. The molecule has 0 spiro atoms. The lowest BCUT2D eigenvalue weighted by Crippen LogP contribution is -2.38. The van der Waals surface area contributed by atoms with E-state index in [4.69, 9.17) is 5.73 Å². The maximum absolute atomic E-state index is 6.31. The first-order chi connectivity index (χ1) is 10.8. The van der Waals surface area contributed by atoms with Crippen molar-refractivity contribution in [3.63, 3.8) is 0 Å². The van der Waals surface area contributed by atoms with Crippen molar-refractivity contribution in [3.8, 4) is 0 Å². The number of aromatic nitrogens is 2. The Morgan fingerprint density at radius 2 is 2.05 bits per heavy atom. The molecule has 3 rings (SSSR count). The summed E-state index contributed by atoms with van der Waals surface area (Å²) in [7, 11) is 0. The molecule has 0 bridgehead atoms. The summed E-state index contributed by atoms with van der Waals surface area (Å²) >= 11 is 0. The van der Waals surface area contributed by atoms with E-state index >= 15 is 0 Å². The van der Waals surface area contributed by atoms with Crippen LogP contribution >= 0.6 is 0 Å². The van der Waals surface area contributed by atoms with Crippen LogP contribution in [0.25, 0.3) is 0 Å². The largest absolute Gasteiger partial charge is 0.393 e. The number of hydrogen-bond donors (Lipinski definition) is 2. The molecule has 0 radical (unpaired) electrons. The summed E-state index contributed by atoms with van der Waals surface area (Å²) in [5.41, 5.74) is 8.16. The number of hydrogen-bond acceptors (Lipinski definition) is 5. The Morgan fingerprint density at radius 1 is 1.23 bits per heavy atom. The van der Waals surface area contributed by atoms with Gasteiger partial charge in [0.15, 0.2) is 11.6 Å². The number of nitrogen functional groups attached to an aromatic ring is 1. The average molecular weight is 297 g/mol. The van der Waals surface area contributed by atoms with E-state index in [1.807, 2.05) is 18.2 Å². The minimum absolute atomic E-state index is 0.480. The van der Waals surface area contributed by atoms with Gasteiger partial charge in [-0.3, -0.25) is 0 Å². The van der Waals surface area contributed by atoms with E-state index in [0.29, 0.717) is 24.1 Å². The highest BCUT2D eigenvalue weighted by Crippen LogP contribution is 2.31. The Hall–Kier alpha value is -2.30. The van der Waals surface area contributed by atoms with Crippen LogP contribution in [0.4, 0.5) is 17.3 Å². The predicted octanol–water partition coefficient (Wildman–Crippen LogP) is 3.05. The topological polar surface area (TPSA) is 67.1 Å². The van der Waals surface area contributed by atoms with E-state index in [0.717, 1.165) is 12.4 Å². The third-order valence-electron chi connectivity index (χ3n) is 4.24. The van der Waals surface area contributed by atoms with Crippen LogP contribution < -0.4 is 16.0 Å². The molecule has 1 aromatic carbocycles. The SMILES string of the molecule is CC1CCCCN1c1ncnc(NCc2ccccc2)c1N. The quantitative estimate of drug-likeness (QED) is 0.908. The third kappa shape index (κ3) is 3.13. The van der Waals surface area contributed by atoms with Gasteiger partial charge in [-0.1, -0.05) is 30.3 Å². The summed E-state index contributed by atoms with van der Waals surface area (Å²) in [5.74, 6) is 1.57. The van der Waals surface area contributed by atoms with Crippen LogP contribution in [-0.2, 0) is 6.54 Å². The first-order valence-electron chi connectivity index (χ1n) is 7.90. The average Bonchev–Trinajstić information content (AvgIpc) is 2.56. The molecule has 5 nitrogen and oxygen atoms in total. The molecule has 1 saturated heterocycles. The minimum Gasteiger partial charge on any atom is -0.393 e. The monoisotopic (exact) mass is 297 g/mol.